The van der Waals surface area contributed by atoms with Crippen LogP contribution in [0.15, 0.2) is 0 Å². The number of hydrogen-bond acceptors (Lipinski definition) is 1. The van der Waals surface area contributed by atoms with Crippen LogP contribution in [-0.4, -0.2) is 11.2 Å². The van der Waals surface area contributed by atoms with Crippen molar-refractivity contribution < 1.29 is 13.2 Å². The zero-order chi connectivity index (χ0) is 10.1. The molecule has 0 unspecified atom stereocenters. The number of hydrogen-bond donors (Lipinski definition) is 1. The van der Waals surface area contributed by atoms with Crippen LogP contribution in [0.2, 0.25) is 0 Å². The molecular weight excluding hydrogens is 199 g/mol. The molecule has 0 aromatic rings. The summed E-state index contributed by atoms with van der Waals surface area (Å²) in [6, 6.07) is 0. The Morgan fingerprint density at radius 2 is 1.62 bits per heavy atom. The molecule has 0 aromatic heterocycles. The summed E-state index contributed by atoms with van der Waals surface area (Å²) in [4.78, 5) is -0.389. The van der Waals surface area contributed by atoms with E-state index in [4.69, 9.17) is 5.73 Å². The van der Waals surface area contributed by atoms with Gasteiger partial charge in [-0.3, -0.25) is 0 Å². The fourth-order valence-corrected chi connectivity index (χ4v) is 2.14. The normalized spacial score (nSPS) is 22.7. The smallest absolute Gasteiger partial charge is 0.393 e. The van der Waals surface area contributed by atoms with Crippen molar-refractivity contribution in [2.24, 2.45) is 11.1 Å². The molecule has 0 saturated heterocycles. The Bertz CT molecular complexity index is 206. The molecular formula is C8H12F3NS. The molecule has 5 heteroatoms. The quantitative estimate of drug-likeness (QED) is 0.675. The lowest BCUT2D eigenvalue weighted by molar-refractivity contribution is -0.205. The van der Waals surface area contributed by atoms with E-state index in [1.807, 2.05) is 0 Å². The molecule has 76 valence electrons. The van der Waals surface area contributed by atoms with E-state index < -0.39 is 11.6 Å². The topological polar surface area (TPSA) is 26.0 Å². The molecule has 1 fully saturated rings. The molecule has 0 atom stereocenters. The molecule has 0 bridgehead atoms. The standard InChI is InChI=1S/C8H12F3NS/c9-8(10,11)7(6(12)13)4-2-1-3-5-7/h1-5H2,(H2,12,13). The Hall–Kier alpha value is -0.320. The van der Waals surface area contributed by atoms with Crippen molar-refractivity contribution >= 4 is 17.2 Å². The first-order chi connectivity index (χ1) is 5.90. The van der Waals surface area contributed by atoms with E-state index in [0.717, 1.165) is 6.42 Å². The fraction of sp³-hybridized carbons (Fsp3) is 0.875. The van der Waals surface area contributed by atoms with Crippen LogP contribution in [0.3, 0.4) is 0 Å². The summed E-state index contributed by atoms with van der Waals surface area (Å²) in [6.45, 7) is 0. The zero-order valence-electron chi connectivity index (χ0n) is 7.16. The van der Waals surface area contributed by atoms with Gasteiger partial charge in [0, 0.05) is 0 Å². The van der Waals surface area contributed by atoms with E-state index >= 15 is 0 Å². The Kier molecular flexibility index (Phi) is 2.85. The fourth-order valence-electron chi connectivity index (χ4n) is 1.82. The highest BCUT2D eigenvalue weighted by Gasteiger charge is 2.56. The third-order valence-electron chi connectivity index (χ3n) is 2.72. The van der Waals surface area contributed by atoms with Crippen LogP contribution >= 0.6 is 12.2 Å². The number of alkyl halides is 3. The summed E-state index contributed by atoms with van der Waals surface area (Å²) in [5.41, 5.74) is 3.33. The third kappa shape index (κ3) is 1.80. The lowest BCUT2D eigenvalue weighted by atomic mass is 9.73. The molecule has 1 nitrogen and oxygen atoms in total. The van der Waals surface area contributed by atoms with E-state index in [2.05, 4.69) is 12.2 Å². The van der Waals surface area contributed by atoms with Gasteiger partial charge in [-0.25, -0.2) is 0 Å². The Balaban J connectivity index is 2.93. The predicted molar refractivity (Wildman–Crippen MR) is 48.4 cm³/mol. The van der Waals surface area contributed by atoms with Gasteiger partial charge in [0.05, 0.1) is 4.99 Å². The first-order valence-corrected chi connectivity index (χ1v) is 4.68. The molecule has 13 heavy (non-hydrogen) atoms. The van der Waals surface area contributed by atoms with E-state index in [-0.39, 0.29) is 17.8 Å². The maximum absolute atomic E-state index is 12.7. The minimum absolute atomic E-state index is 0.0613. The molecule has 1 saturated carbocycles. The van der Waals surface area contributed by atoms with Crippen molar-refractivity contribution in [2.75, 3.05) is 0 Å². The Labute approximate surface area is 80.5 Å². The zero-order valence-corrected chi connectivity index (χ0v) is 7.97. The molecule has 1 aliphatic rings. The number of nitrogens with two attached hydrogens (primary N) is 1. The monoisotopic (exact) mass is 211 g/mol. The molecule has 0 aliphatic heterocycles. The first kappa shape index (κ1) is 10.8. The average Bonchev–Trinajstić information content (AvgIpc) is 2.03. The molecule has 1 rings (SSSR count). The van der Waals surface area contributed by atoms with E-state index in [1.165, 1.54) is 0 Å². The predicted octanol–water partition coefficient (Wildman–Crippen LogP) is 2.79. The van der Waals surface area contributed by atoms with Crippen LogP contribution < -0.4 is 5.73 Å². The first-order valence-electron chi connectivity index (χ1n) is 4.27. The highest BCUT2D eigenvalue weighted by molar-refractivity contribution is 7.80. The minimum atomic E-state index is -4.28. The maximum Gasteiger partial charge on any atom is 0.400 e. The second kappa shape index (κ2) is 3.44. The Morgan fingerprint density at radius 1 is 1.15 bits per heavy atom. The average molecular weight is 211 g/mol. The van der Waals surface area contributed by atoms with Gasteiger partial charge >= 0.3 is 6.18 Å². The second-order valence-corrected chi connectivity index (χ2v) is 3.94. The van der Waals surface area contributed by atoms with Crippen molar-refractivity contribution in [2.45, 2.75) is 38.3 Å². The van der Waals surface area contributed by atoms with E-state index in [1.54, 1.807) is 0 Å². The van der Waals surface area contributed by atoms with Gasteiger partial charge in [-0.15, -0.1) is 0 Å². The lowest BCUT2D eigenvalue weighted by Crippen LogP contribution is -2.48. The van der Waals surface area contributed by atoms with Gasteiger partial charge in [-0.2, -0.15) is 13.2 Å². The Morgan fingerprint density at radius 3 is 1.85 bits per heavy atom. The van der Waals surface area contributed by atoms with Crippen molar-refractivity contribution in [3.63, 3.8) is 0 Å². The van der Waals surface area contributed by atoms with Crippen LogP contribution in [0.1, 0.15) is 32.1 Å². The summed E-state index contributed by atoms with van der Waals surface area (Å²) in [6.07, 6.45) is -2.18. The van der Waals surface area contributed by atoms with E-state index in [0.29, 0.717) is 12.8 Å². The number of thiocarbonyl (C=S) groups is 1. The highest BCUT2D eigenvalue weighted by Crippen LogP contribution is 2.49. The van der Waals surface area contributed by atoms with Crippen LogP contribution in [-0.2, 0) is 0 Å². The maximum atomic E-state index is 12.7. The van der Waals surface area contributed by atoms with Gasteiger partial charge in [-0.1, -0.05) is 31.5 Å². The van der Waals surface area contributed by atoms with Crippen molar-refractivity contribution in [3.05, 3.63) is 0 Å². The van der Waals surface area contributed by atoms with Gasteiger partial charge in [-0.05, 0) is 12.8 Å². The van der Waals surface area contributed by atoms with Crippen LogP contribution in [0.25, 0.3) is 0 Å². The summed E-state index contributed by atoms with van der Waals surface area (Å²) < 4.78 is 38.0. The van der Waals surface area contributed by atoms with Gasteiger partial charge < -0.3 is 5.73 Å². The molecule has 0 spiro atoms. The van der Waals surface area contributed by atoms with Crippen LogP contribution in [0.5, 0.6) is 0 Å². The van der Waals surface area contributed by atoms with Crippen molar-refractivity contribution in [3.8, 4) is 0 Å². The third-order valence-corrected chi connectivity index (χ3v) is 3.11. The van der Waals surface area contributed by atoms with Crippen LogP contribution in [0, 0.1) is 5.41 Å². The molecule has 0 amide bonds. The summed E-state index contributed by atoms with van der Waals surface area (Å²) >= 11 is 4.53. The lowest BCUT2D eigenvalue weighted by Gasteiger charge is -2.37. The van der Waals surface area contributed by atoms with Gasteiger partial charge in [0.1, 0.15) is 5.41 Å². The highest BCUT2D eigenvalue weighted by atomic mass is 32.1. The minimum Gasteiger partial charge on any atom is -0.393 e. The summed E-state index contributed by atoms with van der Waals surface area (Å²) in [7, 11) is 0. The van der Waals surface area contributed by atoms with Crippen molar-refractivity contribution in [1.29, 1.82) is 0 Å². The van der Waals surface area contributed by atoms with Crippen LogP contribution in [0.4, 0.5) is 13.2 Å². The summed E-state index contributed by atoms with van der Waals surface area (Å²) in [5.74, 6) is 0. The largest absolute Gasteiger partial charge is 0.400 e. The summed E-state index contributed by atoms with van der Waals surface area (Å²) in [5, 5.41) is 0. The molecule has 0 radical (unpaired) electrons. The molecule has 0 aromatic carbocycles. The van der Waals surface area contributed by atoms with E-state index in [9.17, 15) is 13.2 Å². The van der Waals surface area contributed by atoms with Crippen molar-refractivity contribution in [1.82, 2.24) is 0 Å². The van der Waals surface area contributed by atoms with Gasteiger partial charge in [0.15, 0.2) is 0 Å². The number of halogens is 3. The molecule has 0 heterocycles. The number of rotatable bonds is 1. The molecule has 2 N–H and O–H groups in total. The van der Waals surface area contributed by atoms with Gasteiger partial charge in [0.2, 0.25) is 0 Å². The van der Waals surface area contributed by atoms with Gasteiger partial charge in [0.25, 0.3) is 0 Å². The SMILES string of the molecule is NC(=S)C1(C(F)(F)F)CCCCC1. The molecule has 1 aliphatic carbocycles. The second-order valence-electron chi connectivity index (χ2n) is 3.50.